The van der Waals surface area contributed by atoms with E-state index in [-0.39, 0.29) is 12.7 Å². The summed E-state index contributed by atoms with van der Waals surface area (Å²) in [6, 6.07) is 8.27. The Morgan fingerprint density at radius 3 is 2.83 bits per heavy atom. The normalized spacial score (nSPS) is 18.9. The van der Waals surface area contributed by atoms with Crippen molar-refractivity contribution in [2.75, 3.05) is 32.6 Å². The Balaban J connectivity index is 1.69. The van der Waals surface area contributed by atoms with E-state index in [1.807, 2.05) is 19.1 Å². The Kier molecular flexibility index (Phi) is 5.94. The highest BCUT2D eigenvalue weighted by Gasteiger charge is 2.22. The Morgan fingerprint density at radius 2 is 2.12 bits per heavy atom. The number of ether oxygens (including phenoxy) is 1. The van der Waals surface area contributed by atoms with E-state index >= 15 is 0 Å². The summed E-state index contributed by atoms with van der Waals surface area (Å²) >= 11 is 1.72. The van der Waals surface area contributed by atoms with Gasteiger partial charge in [0.1, 0.15) is 5.76 Å². The number of nitrogens with zero attached hydrogens (tertiary/aromatic N) is 2. The molecule has 0 saturated carbocycles. The third-order valence-corrected chi connectivity index (χ3v) is 5.02. The molecule has 3 rings (SSSR count). The van der Waals surface area contributed by atoms with Crippen LogP contribution in [-0.4, -0.2) is 53.7 Å². The van der Waals surface area contributed by atoms with Crippen LogP contribution in [0.2, 0.25) is 0 Å². The SMILES string of the molecule is CSc1ccc(-c2nc(CN3CCO[C@@H](CCO)C3)c(C)o2)cc1. The van der Waals surface area contributed by atoms with Gasteiger partial charge in [0.2, 0.25) is 5.89 Å². The molecule has 1 aliphatic heterocycles. The number of morpholine rings is 1. The Labute approximate surface area is 147 Å². The lowest BCUT2D eigenvalue weighted by Crippen LogP contribution is -2.42. The highest BCUT2D eigenvalue weighted by molar-refractivity contribution is 7.98. The van der Waals surface area contributed by atoms with Gasteiger partial charge in [-0.05, 0) is 43.9 Å². The van der Waals surface area contributed by atoms with Crippen LogP contribution in [0.25, 0.3) is 11.5 Å². The topological polar surface area (TPSA) is 58.7 Å². The maximum Gasteiger partial charge on any atom is 0.226 e. The summed E-state index contributed by atoms with van der Waals surface area (Å²) < 4.78 is 11.5. The highest BCUT2D eigenvalue weighted by atomic mass is 32.2. The molecule has 0 spiro atoms. The molecule has 1 fully saturated rings. The number of hydrogen-bond donors (Lipinski definition) is 1. The van der Waals surface area contributed by atoms with E-state index in [4.69, 9.17) is 19.2 Å². The van der Waals surface area contributed by atoms with Crippen molar-refractivity contribution in [3.8, 4) is 11.5 Å². The fourth-order valence-corrected chi connectivity index (χ4v) is 3.29. The van der Waals surface area contributed by atoms with Crippen molar-refractivity contribution < 1.29 is 14.3 Å². The lowest BCUT2D eigenvalue weighted by Gasteiger charge is -2.32. The summed E-state index contributed by atoms with van der Waals surface area (Å²) in [6.45, 7) is 5.29. The summed E-state index contributed by atoms with van der Waals surface area (Å²) in [5, 5.41) is 9.08. The maximum atomic E-state index is 9.08. The zero-order valence-electron chi connectivity index (χ0n) is 14.2. The van der Waals surface area contributed by atoms with Crippen LogP contribution in [0.3, 0.4) is 0 Å². The molecular formula is C18H24N2O3S. The van der Waals surface area contributed by atoms with Crippen LogP contribution in [0.4, 0.5) is 0 Å². The van der Waals surface area contributed by atoms with Gasteiger partial charge in [0.15, 0.2) is 0 Å². The minimum Gasteiger partial charge on any atom is -0.441 e. The Hall–Kier alpha value is -1.34. The summed E-state index contributed by atoms with van der Waals surface area (Å²) in [6.07, 6.45) is 2.85. The number of hydrogen-bond acceptors (Lipinski definition) is 6. The van der Waals surface area contributed by atoms with Crippen molar-refractivity contribution in [2.45, 2.75) is 30.9 Å². The molecular weight excluding hydrogens is 324 g/mol. The number of rotatable bonds is 6. The molecule has 1 aliphatic rings. The van der Waals surface area contributed by atoms with Crippen LogP contribution in [-0.2, 0) is 11.3 Å². The minimum atomic E-state index is 0.106. The number of thioether (sulfide) groups is 1. The van der Waals surface area contributed by atoms with E-state index in [9.17, 15) is 0 Å². The van der Waals surface area contributed by atoms with Crippen molar-refractivity contribution in [1.82, 2.24) is 9.88 Å². The first-order valence-corrected chi connectivity index (χ1v) is 9.47. The average Bonchev–Trinajstić information content (AvgIpc) is 2.96. The van der Waals surface area contributed by atoms with E-state index in [0.29, 0.717) is 18.9 Å². The van der Waals surface area contributed by atoms with Gasteiger partial charge < -0.3 is 14.3 Å². The molecule has 24 heavy (non-hydrogen) atoms. The standard InChI is InChI=1S/C18H24N2O3S/c1-13-17(12-20-8-10-22-15(11-20)7-9-21)19-18(23-13)14-3-5-16(24-2)6-4-14/h3-6,15,21H,7-12H2,1-2H3/t15-/m0/s1. The monoisotopic (exact) mass is 348 g/mol. The van der Waals surface area contributed by atoms with Gasteiger partial charge >= 0.3 is 0 Å². The predicted octanol–water partition coefficient (Wildman–Crippen LogP) is 2.96. The number of aliphatic hydroxyl groups excluding tert-OH is 1. The quantitative estimate of drug-likeness (QED) is 0.810. The molecule has 1 N–H and O–H groups in total. The van der Waals surface area contributed by atoms with Gasteiger partial charge in [-0.3, -0.25) is 4.90 Å². The van der Waals surface area contributed by atoms with Crippen molar-refractivity contribution in [2.24, 2.45) is 0 Å². The molecule has 130 valence electrons. The van der Waals surface area contributed by atoms with Crippen molar-refractivity contribution >= 4 is 11.8 Å². The third kappa shape index (κ3) is 4.19. The molecule has 0 amide bonds. The van der Waals surface area contributed by atoms with E-state index < -0.39 is 0 Å². The molecule has 0 radical (unpaired) electrons. The summed E-state index contributed by atoms with van der Waals surface area (Å²) in [5.41, 5.74) is 1.98. The molecule has 2 aromatic rings. The van der Waals surface area contributed by atoms with Crippen LogP contribution in [0, 0.1) is 6.92 Å². The van der Waals surface area contributed by atoms with Crippen molar-refractivity contribution in [3.05, 3.63) is 35.7 Å². The molecule has 2 heterocycles. The summed E-state index contributed by atoms with van der Waals surface area (Å²) in [5.74, 6) is 1.54. The van der Waals surface area contributed by atoms with Gasteiger partial charge in [-0.25, -0.2) is 4.98 Å². The van der Waals surface area contributed by atoms with E-state index in [1.165, 1.54) is 4.90 Å². The molecule has 0 aliphatic carbocycles. The fourth-order valence-electron chi connectivity index (χ4n) is 2.89. The van der Waals surface area contributed by atoms with Gasteiger partial charge in [0, 0.05) is 36.7 Å². The smallest absolute Gasteiger partial charge is 0.226 e. The van der Waals surface area contributed by atoms with Gasteiger partial charge in [0.25, 0.3) is 0 Å². The Morgan fingerprint density at radius 1 is 1.33 bits per heavy atom. The number of aryl methyl sites for hydroxylation is 1. The van der Waals surface area contributed by atoms with Crippen molar-refractivity contribution in [1.29, 1.82) is 0 Å². The van der Waals surface area contributed by atoms with Gasteiger partial charge in [-0.1, -0.05) is 0 Å². The number of aliphatic hydroxyl groups is 1. The second-order valence-corrected chi connectivity index (χ2v) is 6.87. The van der Waals surface area contributed by atoms with Gasteiger partial charge in [-0.15, -0.1) is 11.8 Å². The first-order valence-electron chi connectivity index (χ1n) is 8.25. The van der Waals surface area contributed by atoms with E-state index in [0.717, 1.165) is 36.7 Å². The number of oxazole rings is 1. The van der Waals surface area contributed by atoms with E-state index in [2.05, 4.69) is 23.3 Å². The molecule has 1 saturated heterocycles. The first-order chi connectivity index (χ1) is 11.7. The lowest BCUT2D eigenvalue weighted by molar-refractivity contribution is -0.0411. The third-order valence-electron chi connectivity index (χ3n) is 4.28. The largest absolute Gasteiger partial charge is 0.441 e. The number of aromatic nitrogens is 1. The first kappa shape index (κ1) is 17.5. The molecule has 0 bridgehead atoms. The van der Waals surface area contributed by atoms with E-state index in [1.54, 1.807) is 11.8 Å². The molecule has 1 aromatic heterocycles. The molecule has 1 atom stereocenters. The second-order valence-electron chi connectivity index (χ2n) is 5.99. The number of benzene rings is 1. The second kappa shape index (κ2) is 8.16. The summed E-state index contributed by atoms with van der Waals surface area (Å²) in [7, 11) is 0. The van der Waals surface area contributed by atoms with Crippen LogP contribution in [0.5, 0.6) is 0 Å². The van der Waals surface area contributed by atoms with Crippen LogP contribution in [0.15, 0.2) is 33.6 Å². The molecule has 0 unspecified atom stereocenters. The predicted molar refractivity (Wildman–Crippen MR) is 95.2 cm³/mol. The van der Waals surface area contributed by atoms with Crippen LogP contribution in [0.1, 0.15) is 17.9 Å². The zero-order valence-corrected chi connectivity index (χ0v) is 15.0. The van der Waals surface area contributed by atoms with Crippen LogP contribution >= 0.6 is 11.8 Å². The van der Waals surface area contributed by atoms with Crippen molar-refractivity contribution in [3.63, 3.8) is 0 Å². The van der Waals surface area contributed by atoms with Gasteiger partial charge in [-0.2, -0.15) is 0 Å². The molecule has 1 aromatic carbocycles. The lowest BCUT2D eigenvalue weighted by atomic mass is 10.2. The minimum absolute atomic E-state index is 0.106. The fraction of sp³-hybridized carbons (Fsp3) is 0.500. The summed E-state index contributed by atoms with van der Waals surface area (Å²) in [4.78, 5) is 8.24. The van der Waals surface area contributed by atoms with Crippen LogP contribution < -0.4 is 0 Å². The zero-order chi connectivity index (χ0) is 16.9. The maximum absolute atomic E-state index is 9.08. The Bertz CT molecular complexity index is 655. The van der Waals surface area contributed by atoms with Gasteiger partial charge in [0.05, 0.1) is 18.4 Å². The molecule has 5 nitrogen and oxygen atoms in total. The molecule has 6 heteroatoms. The average molecular weight is 348 g/mol. The highest BCUT2D eigenvalue weighted by Crippen LogP contribution is 2.25.